The van der Waals surface area contributed by atoms with E-state index in [1.54, 1.807) is 7.11 Å². The highest BCUT2D eigenvalue weighted by Gasteiger charge is 2.09. The summed E-state index contributed by atoms with van der Waals surface area (Å²) in [5.74, 6) is 0.557. The summed E-state index contributed by atoms with van der Waals surface area (Å²) in [7, 11) is 1.62. The molecule has 17 heavy (non-hydrogen) atoms. The fourth-order valence-electron chi connectivity index (χ4n) is 1.55. The zero-order valence-corrected chi connectivity index (χ0v) is 10.0. The van der Waals surface area contributed by atoms with Crippen molar-refractivity contribution >= 4 is 12.4 Å². The summed E-state index contributed by atoms with van der Waals surface area (Å²) in [5.41, 5.74) is 1.13. The largest absolute Gasteiger partial charge is 0.497 e. The summed E-state index contributed by atoms with van der Waals surface area (Å²) < 4.78 is 9.29. The number of ether oxygens (including phenoxy) is 2. The third-order valence-corrected chi connectivity index (χ3v) is 2.65. The molecular weight excluding hydrogens is 220 g/mol. The zero-order chi connectivity index (χ0) is 12.7. The predicted octanol–water partition coefficient (Wildman–Crippen LogP) is 2.28. The third kappa shape index (κ3) is 4.26. The van der Waals surface area contributed by atoms with Crippen LogP contribution in [-0.4, -0.2) is 19.6 Å². The van der Waals surface area contributed by atoms with Gasteiger partial charge in [-0.1, -0.05) is 19.1 Å². The van der Waals surface area contributed by atoms with E-state index >= 15 is 0 Å². The third-order valence-electron chi connectivity index (χ3n) is 2.65. The van der Waals surface area contributed by atoms with Crippen LogP contribution in [0.25, 0.3) is 0 Å². The van der Waals surface area contributed by atoms with Crippen LogP contribution < -0.4 is 4.74 Å². The molecule has 4 heteroatoms. The zero-order valence-electron chi connectivity index (χ0n) is 10.0. The second-order valence-corrected chi connectivity index (χ2v) is 3.80. The highest BCUT2D eigenvalue weighted by atomic mass is 16.6. The van der Waals surface area contributed by atoms with Crippen molar-refractivity contribution in [3.63, 3.8) is 0 Å². The van der Waals surface area contributed by atoms with E-state index in [-0.39, 0.29) is 18.8 Å². The molecule has 0 aliphatic carbocycles. The maximum atomic E-state index is 11.0. The Hall–Kier alpha value is -1.84. The number of benzene rings is 1. The van der Waals surface area contributed by atoms with Gasteiger partial charge in [0, 0.05) is 6.42 Å². The van der Waals surface area contributed by atoms with Crippen LogP contribution in [0.15, 0.2) is 24.3 Å². The van der Waals surface area contributed by atoms with Crippen molar-refractivity contribution in [2.24, 2.45) is 0 Å². The molecule has 1 atom stereocenters. The molecule has 0 amide bonds. The Labute approximate surface area is 101 Å². The molecule has 0 bridgehead atoms. The van der Waals surface area contributed by atoms with Crippen molar-refractivity contribution in [1.82, 2.24) is 0 Å². The van der Waals surface area contributed by atoms with Crippen molar-refractivity contribution in [2.45, 2.75) is 25.7 Å². The number of esters is 1. The Bertz CT molecular complexity index is 370. The minimum atomic E-state index is -0.486. The lowest BCUT2D eigenvalue weighted by Crippen LogP contribution is -2.04. The van der Waals surface area contributed by atoms with Gasteiger partial charge in [0.2, 0.25) is 0 Å². The Kier molecular flexibility index (Phi) is 5.20. The number of carbonyl (C=O) groups excluding carboxylic acids is 2. The predicted molar refractivity (Wildman–Crippen MR) is 62.8 cm³/mol. The molecule has 0 aliphatic heterocycles. The molecule has 1 unspecified atom stereocenters. The van der Waals surface area contributed by atoms with Gasteiger partial charge >= 0.3 is 12.4 Å². The quantitative estimate of drug-likeness (QED) is 0.432. The molecule has 0 aliphatic rings. The summed E-state index contributed by atoms with van der Waals surface area (Å²) in [6, 6.07) is 7.70. The van der Waals surface area contributed by atoms with E-state index in [4.69, 9.17) is 4.74 Å². The lowest BCUT2D eigenvalue weighted by molar-refractivity contribution is -0.151. The molecule has 1 aromatic carbocycles. The fraction of sp³-hybridized carbons (Fsp3) is 0.385. The van der Waals surface area contributed by atoms with Crippen molar-refractivity contribution < 1.29 is 19.1 Å². The highest BCUT2D eigenvalue weighted by Crippen LogP contribution is 2.23. The molecule has 0 fully saturated rings. The van der Waals surface area contributed by atoms with Crippen LogP contribution in [0.3, 0.4) is 0 Å². The van der Waals surface area contributed by atoms with Crippen LogP contribution in [-0.2, 0) is 14.3 Å². The molecule has 0 saturated heterocycles. The Morgan fingerprint density at radius 2 is 2.00 bits per heavy atom. The maximum absolute atomic E-state index is 11.0. The summed E-state index contributed by atoms with van der Waals surface area (Å²) >= 11 is 0. The van der Waals surface area contributed by atoms with Crippen molar-refractivity contribution in [2.75, 3.05) is 7.11 Å². The minimum Gasteiger partial charge on any atom is -0.497 e. The molecule has 0 saturated carbocycles. The van der Waals surface area contributed by atoms with Gasteiger partial charge in [0.1, 0.15) is 5.75 Å². The first-order valence-corrected chi connectivity index (χ1v) is 5.44. The van der Waals surface area contributed by atoms with Gasteiger partial charge in [0.25, 0.3) is 0 Å². The van der Waals surface area contributed by atoms with E-state index in [2.05, 4.69) is 4.74 Å². The molecule has 0 aromatic heterocycles. The van der Waals surface area contributed by atoms with E-state index in [1.165, 1.54) is 0 Å². The van der Waals surface area contributed by atoms with E-state index in [0.717, 1.165) is 11.3 Å². The maximum Gasteiger partial charge on any atom is 0.313 e. The molecular formula is C13H16O4. The van der Waals surface area contributed by atoms with Gasteiger partial charge in [-0.15, -0.1) is 0 Å². The average Bonchev–Trinajstić information content (AvgIpc) is 2.36. The fourth-order valence-corrected chi connectivity index (χ4v) is 1.55. The van der Waals surface area contributed by atoms with Gasteiger partial charge < -0.3 is 9.47 Å². The summed E-state index contributed by atoms with van der Waals surface area (Å²) in [5, 5.41) is 0. The molecule has 0 heterocycles. The normalized spacial score (nSPS) is 11.6. The smallest absolute Gasteiger partial charge is 0.313 e. The number of hydrogen-bond donors (Lipinski definition) is 0. The molecule has 1 aromatic rings. The Balaban J connectivity index is 2.48. The summed E-state index contributed by atoms with van der Waals surface area (Å²) in [6.45, 7) is 2.19. The van der Waals surface area contributed by atoms with Crippen molar-refractivity contribution in [3.05, 3.63) is 29.8 Å². The first-order chi connectivity index (χ1) is 8.17. The van der Waals surface area contributed by atoms with Gasteiger partial charge in [0.15, 0.2) is 0 Å². The number of methoxy groups -OCH3 is 1. The molecule has 0 N–H and O–H groups in total. The second kappa shape index (κ2) is 6.68. The van der Waals surface area contributed by atoms with Gasteiger partial charge in [-0.3, -0.25) is 9.59 Å². The van der Waals surface area contributed by atoms with Crippen molar-refractivity contribution in [1.29, 1.82) is 0 Å². The Morgan fingerprint density at radius 3 is 2.53 bits per heavy atom. The Morgan fingerprint density at radius 1 is 1.35 bits per heavy atom. The first kappa shape index (κ1) is 13.2. The topological polar surface area (TPSA) is 52.6 Å². The molecule has 4 nitrogen and oxygen atoms in total. The second-order valence-electron chi connectivity index (χ2n) is 3.80. The minimum absolute atomic E-state index is 0.167. The van der Waals surface area contributed by atoms with E-state index < -0.39 is 5.97 Å². The first-order valence-electron chi connectivity index (χ1n) is 5.44. The lowest BCUT2D eigenvalue weighted by atomic mass is 9.96. The number of rotatable bonds is 6. The average molecular weight is 236 g/mol. The van der Waals surface area contributed by atoms with E-state index in [0.29, 0.717) is 6.42 Å². The number of carbonyl (C=O) groups is 2. The van der Waals surface area contributed by atoms with Crippen LogP contribution in [0.5, 0.6) is 5.75 Å². The lowest BCUT2D eigenvalue weighted by Gasteiger charge is -2.11. The monoisotopic (exact) mass is 236 g/mol. The molecule has 92 valence electrons. The SMILES string of the molecule is COc1ccc(C(C)CCC(=O)OC=O)cc1. The van der Waals surface area contributed by atoms with Crippen LogP contribution in [0.4, 0.5) is 0 Å². The van der Waals surface area contributed by atoms with Crippen LogP contribution in [0.2, 0.25) is 0 Å². The van der Waals surface area contributed by atoms with Gasteiger partial charge in [-0.25, -0.2) is 0 Å². The highest BCUT2D eigenvalue weighted by molar-refractivity contribution is 5.76. The summed E-state index contributed by atoms with van der Waals surface area (Å²) in [6.07, 6.45) is 0.894. The van der Waals surface area contributed by atoms with Crippen LogP contribution in [0, 0.1) is 0 Å². The standard InChI is InChI=1S/C13H16O4/c1-10(3-8-13(15)17-9-14)11-4-6-12(16-2)7-5-11/h4-7,9-10H,3,8H2,1-2H3. The van der Waals surface area contributed by atoms with Gasteiger partial charge in [0.05, 0.1) is 7.11 Å². The number of hydrogen-bond acceptors (Lipinski definition) is 4. The molecule has 0 radical (unpaired) electrons. The van der Waals surface area contributed by atoms with Gasteiger partial charge in [-0.2, -0.15) is 0 Å². The van der Waals surface area contributed by atoms with Crippen LogP contribution in [0.1, 0.15) is 31.2 Å². The van der Waals surface area contributed by atoms with Crippen molar-refractivity contribution in [3.8, 4) is 5.75 Å². The van der Waals surface area contributed by atoms with E-state index in [9.17, 15) is 9.59 Å². The summed E-state index contributed by atoms with van der Waals surface area (Å²) in [4.78, 5) is 20.9. The van der Waals surface area contributed by atoms with Gasteiger partial charge in [-0.05, 0) is 30.0 Å². The molecule has 1 rings (SSSR count). The molecule has 0 spiro atoms. The van der Waals surface area contributed by atoms with Crippen LogP contribution >= 0.6 is 0 Å². The van der Waals surface area contributed by atoms with E-state index in [1.807, 2.05) is 31.2 Å².